The smallest absolute Gasteiger partial charge is 0.125 e. The van der Waals surface area contributed by atoms with Gasteiger partial charge < -0.3 is 4.74 Å². The van der Waals surface area contributed by atoms with E-state index in [4.69, 9.17) is 22.2 Å². The van der Waals surface area contributed by atoms with Crippen molar-refractivity contribution in [3.63, 3.8) is 0 Å². The summed E-state index contributed by atoms with van der Waals surface area (Å²) in [6.07, 6.45) is 1.71. The highest BCUT2D eigenvalue weighted by Crippen LogP contribution is 2.36. The summed E-state index contributed by atoms with van der Waals surface area (Å²) in [6, 6.07) is 8.30. The van der Waals surface area contributed by atoms with Gasteiger partial charge in [-0.3, -0.25) is 11.3 Å². The zero-order valence-electron chi connectivity index (χ0n) is 11.3. The van der Waals surface area contributed by atoms with E-state index in [9.17, 15) is 0 Å². The average molecular weight is 309 g/mol. The lowest BCUT2D eigenvalue weighted by molar-refractivity contribution is 0.351. The Morgan fingerprint density at radius 3 is 3.00 bits per heavy atom. The van der Waals surface area contributed by atoms with E-state index in [1.165, 1.54) is 15.3 Å². The predicted octanol–water partition coefficient (Wildman–Crippen LogP) is 3.39. The molecule has 3 N–H and O–H groups in total. The summed E-state index contributed by atoms with van der Waals surface area (Å²) in [6.45, 7) is 2.84. The number of benzene rings is 1. The van der Waals surface area contributed by atoms with Crippen LogP contribution in [0.2, 0.25) is 5.02 Å². The Labute approximate surface area is 127 Å². The highest BCUT2D eigenvalue weighted by atomic mass is 35.5. The van der Waals surface area contributed by atoms with E-state index in [1.54, 1.807) is 11.3 Å². The molecule has 1 aromatic heterocycles. The number of aryl methyl sites for hydroxylation is 1. The van der Waals surface area contributed by atoms with Crippen molar-refractivity contribution in [3.05, 3.63) is 50.2 Å². The van der Waals surface area contributed by atoms with Crippen molar-refractivity contribution in [2.75, 3.05) is 6.61 Å². The van der Waals surface area contributed by atoms with Crippen molar-refractivity contribution in [3.8, 4) is 5.75 Å². The first-order valence-corrected chi connectivity index (χ1v) is 7.83. The molecule has 1 aliphatic heterocycles. The third-order valence-corrected chi connectivity index (χ3v) is 4.89. The van der Waals surface area contributed by atoms with Gasteiger partial charge in [-0.1, -0.05) is 11.6 Å². The number of halogens is 1. The van der Waals surface area contributed by atoms with Crippen LogP contribution in [-0.2, 0) is 12.8 Å². The van der Waals surface area contributed by atoms with E-state index in [2.05, 4.69) is 24.5 Å². The summed E-state index contributed by atoms with van der Waals surface area (Å²) in [5.74, 6) is 6.72. The van der Waals surface area contributed by atoms with E-state index in [0.717, 1.165) is 35.8 Å². The Morgan fingerprint density at radius 2 is 2.30 bits per heavy atom. The molecule has 5 heteroatoms. The fourth-order valence-corrected chi connectivity index (χ4v) is 3.80. The van der Waals surface area contributed by atoms with E-state index < -0.39 is 0 Å². The van der Waals surface area contributed by atoms with E-state index in [-0.39, 0.29) is 6.04 Å². The zero-order chi connectivity index (χ0) is 14.1. The van der Waals surface area contributed by atoms with Crippen LogP contribution in [0.5, 0.6) is 5.75 Å². The fourth-order valence-electron chi connectivity index (χ4n) is 2.60. The van der Waals surface area contributed by atoms with E-state index >= 15 is 0 Å². The van der Waals surface area contributed by atoms with Gasteiger partial charge in [0.25, 0.3) is 0 Å². The first-order valence-electron chi connectivity index (χ1n) is 6.64. The normalized spacial score (nSPS) is 14.9. The highest BCUT2D eigenvalue weighted by Gasteiger charge is 2.21. The predicted molar refractivity (Wildman–Crippen MR) is 83.5 cm³/mol. The molecule has 0 saturated heterocycles. The summed E-state index contributed by atoms with van der Waals surface area (Å²) in [5.41, 5.74) is 5.23. The molecule has 1 aromatic carbocycles. The van der Waals surface area contributed by atoms with Crippen molar-refractivity contribution in [1.82, 2.24) is 5.43 Å². The third-order valence-electron chi connectivity index (χ3n) is 3.56. The maximum Gasteiger partial charge on any atom is 0.125 e. The number of hydrazine groups is 1. The number of thiophene rings is 1. The fraction of sp³-hybridized carbons (Fsp3) is 0.333. The summed E-state index contributed by atoms with van der Waals surface area (Å²) < 4.78 is 5.75. The van der Waals surface area contributed by atoms with Gasteiger partial charge in [0.15, 0.2) is 0 Å². The lowest BCUT2D eigenvalue weighted by atomic mass is 10.0. The second-order valence-corrected chi connectivity index (χ2v) is 6.78. The topological polar surface area (TPSA) is 47.3 Å². The number of rotatable bonds is 4. The average Bonchev–Trinajstić information content (AvgIpc) is 3.04. The van der Waals surface area contributed by atoms with Crippen LogP contribution in [0.4, 0.5) is 0 Å². The van der Waals surface area contributed by atoms with Crippen molar-refractivity contribution >= 4 is 22.9 Å². The third kappa shape index (κ3) is 2.69. The molecule has 2 aromatic rings. The van der Waals surface area contributed by atoms with Gasteiger partial charge >= 0.3 is 0 Å². The number of nitrogens with one attached hydrogen (secondary N) is 1. The number of ether oxygens (including phenoxy) is 1. The van der Waals surface area contributed by atoms with Crippen molar-refractivity contribution < 1.29 is 4.74 Å². The summed E-state index contributed by atoms with van der Waals surface area (Å²) in [5, 5.41) is 0.766. The summed E-state index contributed by atoms with van der Waals surface area (Å²) >= 11 is 7.96. The van der Waals surface area contributed by atoms with Crippen LogP contribution < -0.4 is 16.0 Å². The number of nitrogens with two attached hydrogens (primary N) is 1. The van der Waals surface area contributed by atoms with Gasteiger partial charge in [0, 0.05) is 21.2 Å². The van der Waals surface area contributed by atoms with Crippen LogP contribution in [0.25, 0.3) is 0 Å². The highest BCUT2D eigenvalue weighted by molar-refractivity contribution is 7.12. The van der Waals surface area contributed by atoms with Crippen LogP contribution in [0.15, 0.2) is 24.3 Å². The van der Waals surface area contributed by atoms with E-state index in [0.29, 0.717) is 0 Å². The first kappa shape index (κ1) is 13.9. The van der Waals surface area contributed by atoms with Gasteiger partial charge in [-0.25, -0.2) is 0 Å². The van der Waals surface area contributed by atoms with Crippen molar-refractivity contribution in [2.24, 2.45) is 5.84 Å². The van der Waals surface area contributed by atoms with E-state index in [1.807, 2.05) is 12.1 Å². The minimum Gasteiger partial charge on any atom is -0.493 e. The lowest BCUT2D eigenvalue weighted by Gasteiger charge is -2.16. The molecule has 2 heterocycles. The van der Waals surface area contributed by atoms with Gasteiger partial charge in [0.1, 0.15) is 5.75 Å². The van der Waals surface area contributed by atoms with Crippen LogP contribution in [0.3, 0.4) is 0 Å². The molecule has 0 saturated carbocycles. The SMILES string of the molecule is Cc1ccc(C(Cc2cc(Cl)cc3c2OCC3)NN)s1. The Morgan fingerprint density at radius 1 is 1.45 bits per heavy atom. The molecule has 1 aliphatic rings. The largest absolute Gasteiger partial charge is 0.493 e. The minimum absolute atomic E-state index is 0.0838. The van der Waals surface area contributed by atoms with Crippen molar-refractivity contribution in [2.45, 2.75) is 25.8 Å². The molecule has 3 nitrogen and oxygen atoms in total. The molecular formula is C15H17ClN2OS. The maximum absolute atomic E-state index is 6.20. The van der Waals surface area contributed by atoms with Crippen LogP contribution in [0.1, 0.15) is 26.9 Å². The molecule has 0 bridgehead atoms. The monoisotopic (exact) mass is 308 g/mol. The molecule has 0 spiro atoms. The molecule has 0 radical (unpaired) electrons. The Bertz CT molecular complexity index is 626. The summed E-state index contributed by atoms with van der Waals surface area (Å²) in [7, 11) is 0. The van der Waals surface area contributed by atoms with Gasteiger partial charge in [0.2, 0.25) is 0 Å². The quantitative estimate of drug-likeness (QED) is 0.672. The van der Waals surface area contributed by atoms with Gasteiger partial charge in [0.05, 0.1) is 12.6 Å². The molecule has 0 fully saturated rings. The van der Waals surface area contributed by atoms with Crippen LogP contribution in [-0.4, -0.2) is 6.61 Å². The zero-order valence-corrected chi connectivity index (χ0v) is 12.9. The van der Waals surface area contributed by atoms with Gasteiger partial charge in [-0.2, -0.15) is 0 Å². The number of hydrogen-bond donors (Lipinski definition) is 2. The number of fused-ring (bicyclic) bond motifs is 1. The number of hydrogen-bond acceptors (Lipinski definition) is 4. The molecule has 1 atom stereocenters. The Kier molecular flexibility index (Phi) is 3.98. The Hall–Kier alpha value is -1.07. The maximum atomic E-state index is 6.20. The molecular weight excluding hydrogens is 292 g/mol. The Balaban J connectivity index is 1.90. The van der Waals surface area contributed by atoms with Crippen LogP contribution >= 0.6 is 22.9 Å². The molecule has 3 rings (SSSR count). The van der Waals surface area contributed by atoms with Gasteiger partial charge in [-0.15, -0.1) is 11.3 Å². The van der Waals surface area contributed by atoms with Gasteiger partial charge in [-0.05, 0) is 48.7 Å². The molecule has 0 aliphatic carbocycles. The second-order valence-electron chi connectivity index (χ2n) is 5.02. The molecule has 20 heavy (non-hydrogen) atoms. The standard InChI is InChI=1S/C15H17ClN2OS/c1-9-2-3-14(20-9)13(18-17)8-11-7-12(16)6-10-4-5-19-15(10)11/h2-3,6-7,13,18H,4-5,8,17H2,1H3. The molecule has 106 valence electrons. The molecule has 1 unspecified atom stereocenters. The first-order chi connectivity index (χ1) is 9.67. The van der Waals surface area contributed by atoms with Crippen molar-refractivity contribution in [1.29, 1.82) is 0 Å². The molecule has 0 amide bonds. The van der Waals surface area contributed by atoms with Crippen LogP contribution in [0, 0.1) is 6.92 Å². The summed E-state index contributed by atoms with van der Waals surface area (Å²) in [4.78, 5) is 2.52. The minimum atomic E-state index is 0.0838. The lowest BCUT2D eigenvalue weighted by Crippen LogP contribution is -2.29. The second kappa shape index (κ2) is 5.74.